The Balaban J connectivity index is 2.40. The van der Waals surface area contributed by atoms with E-state index < -0.39 is 0 Å². The minimum atomic E-state index is -0.250. The zero-order valence-electron chi connectivity index (χ0n) is 9.40. The fourth-order valence-corrected chi connectivity index (χ4v) is 2.46. The number of hydrogen-bond acceptors (Lipinski definition) is 4. The molecule has 4 nitrogen and oxygen atoms in total. The first-order valence-electron chi connectivity index (χ1n) is 5.12. The zero-order chi connectivity index (χ0) is 11.4. The highest BCUT2D eigenvalue weighted by molar-refractivity contribution is 9.10. The van der Waals surface area contributed by atoms with E-state index in [0.717, 1.165) is 13.1 Å². The summed E-state index contributed by atoms with van der Waals surface area (Å²) in [6, 6.07) is 0. The molecule has 0 aromatic heterocycles. The van der Waals surface area contributed by atoms with Gasteiger partial charge in [0, 0.05) is 19.6 Å². The molecule has 88 valence electrons. The van der Waals surface area contributed by atoms with E-state index >= 15 is 0 Å². The van der Waals surface area contributed by atoms with Crippen molar-refractivity contribution in [3.8, 4) is 0 Å². The average Bonchev–Trinajstić information content (AvgIpc) is 2.14. The molecule has 0 aromatic rings. The van der Waals surface area contributed by atoms with Crippen LogP contribution in [0.25, 0.3) is 0 Å². The molecule has 0 aromatic carbocycles. The summed E-state index contributed by atoms with van der Waals surface area (Å²) in [6.45, 7) is 6.49. The van der Waals surface area contributed by atoms with Gasteiger partial charge in [-0.15, -0.1) is 0 Å². The van der Waals surface area contributed by atoms with Crippen LogP contribution in [-0.2, 0) is 14.3 Å². The zero-order valence-corrected chi connectivity index (χ0v) is 11.0. The maximum absolute atomic E-state index is 11.2. The third-order valence-electron chi connectivity index (χ3n) is 2.37. The fourth-order valence-electron chi connectivity index (χ4n) is 1.86. The normalized spacial score (nSPS) is 29.9. The molecule has 5 heteroatoms. The van der Waals surface area contributed by atoms with E-state index in [2.05, 4.69) is 25.6 Å². The number of nitrogens with zero attached hydrogens (tertiary/aromatic N) is 1. The second-order valence-corrected chi connectivity index (χ2v) is 5.07. The van der Waals surface area contributed by atoms with Crippen molar-refractivity contribution in [3.63, 3.8) is 0 Å². The van der Waals surface area contributed by atoms with Crippen molar-refractivity contribution >= 4 is 21.9 Å². The van der Waals surface area contributed by atoms with Gasteiger partial charge in [-0.25, -0.2) is 0 Å². The van der Waals surface area contributed by atoms with Gasteiger partial charge in [0.1, 0.15) is 4.83 Å². The van der Waals surface area contributed by atoms with E-state index in [1.54, 1.807) is 0 Å². The highest BCUT2D eigenvalue weighted by Crippen LogP contribution is 2.13. The van der Waals surface area contributed by atoms with Gasteiger partial charge in [-0.2, -0.15) is 0 Å². The van der Waals surface area contributed by atoms with Crippen LogP contribution in [0, 0.1) is 0 Å². The lowest BCUT2D eigenvalue weighted by Gasteiger charge is -2.35. The van der Waals surface area contributed by atoms with Crippen molar-refractivity contribution in [1.29, 1.82) is 0 Å². The largest absolute Gasteiger partial charge is 0.468 e. The van der Waals surface area contributed by atoms with Crippen molar-refractivity contribution in [1.82, 2.24) is 4.90 Å². The number of carbonyl (C=O) groups excluding carboxylic acids is 1. The van der Waals surface area contributed by atoms with Crippen molar-refractivity contribution in [2.45, 2.75) is 30.9 Å². The number of rotatable bonds is 3. The number of methoxy groups -OCH3 is 1. The molecule has 1 aliphatic rings. The Bertz CT molecular complexity index is 215. The Morgan fingerprint density at radius 2 is 2.07 bits per heavy atom. The molecular formula is C10H18BrNO3. The molecule has 0 N–H and O–H groups in total. The first kappa shape index (κ1) is 12.9. The first-order valence-corrected chi connectivity index (χ1v) is 6.04. The molecule has 0 aliphatic carbocycles. The van der Waals surface area contributed by atoms with Crippen LogP contribution in [-0.4, -0.2) is 54.6 Å². The first-order chi connectivity index (χ1) is 7.02. The van der Waals surface area contributed by atoms with Gasteiger partial charge in [0.05, 0.1) is 19.3 Å². The van der Waals surface area contributed by atoms with Crippen molar-refractivity contribution in [2.75, 3.05) is 26.7 Å². The monoisotopic (exact) mass is 279 g/mol. The third-order valence-corrected chi connectivity index (χ3v) is 3.03. The molecule has 15 heavy (non-hydrogen) atoms. The highest BCUT2D eigenvalue weighted by atomic mass is 79.9. The van der Waals surface area contributed by atoms with Gasteiger partial charge >= 0.3 is 5.97 Å². The molecular weight excluding hydrogens is 262 g/mol. The SMILES string of the molecule is COC(=O)C(Br)CN1C[C@@H](C)O[C@@H](C)C1. The summed E-state index contributed by atoms with van der Waals surface area (Å²) in [7, 11) is 1.40. The van der Waals surface area contributed by atoms with Crippen LogP contribution < -0.4 is 0 Å². The van der Waals surface area contributed by atoms with Gasteiger partial charge < -0.3 is 9.47 Å². The van der Waals surface area contributed by atoms with E-state index in [1.807, 2.05) is 13.8 Å². The molecule has 1 fully saturated rings. The van der Waals surface area contributed by atoms with Gasteiger partial charge in [-0.3, -0.25) is 9.69 Å². The van der Waals surface area contributed by atoms with Crippen molar-refractivity contribution in [3.05, 3.63) is 0 Å². The van der Waals surface area contributed by atoms with Crippen molar-refractivity contribution in [2.24, 2.45) is 0 Å². The molecule has 1 heterocycles. The van der Waals surface area contributed by atoms with Crippen LogP contribution in [0.15, 0.2) is 0 Å². The molecule has 0 spiro atoms. The summed E-state index contributed by atoms with van der Waals surface area (Å²) in [5, 5.41) is 0. The lowest BCUT2D eigenvalue weighted by atomic mass is 10.2. The number of alkyl halides is 1. The van der Waals surface area contributed by atoms with Gasteiger partial charge in [0.2, 0.25) is 0 Å². The summed E-state index contributed by atoms with van der Waals surface area (Å²) in [5.41, 5.74) is 0. The van der Waals surface area contributed by atoms with Crippen LogP contribution in [0.1, 0.15) is 13.8 Å². The molecule has 0 amide bonds. The lowest BCUT2D eigenvalue weighted by molar-refractivity contribution is -0.140. The quantitative estimate of drug-likeness (QED) is 0.572. The molecule has 0 saturated carbocycles. The number of esters is 1. The predicted molar refractivity (Wildman–Crippen MR) is 61.2 cm³/mol. The summed E-state index contributed by atoms with van der Waals surface area (Å²) in [5.74, 6) is -0.221. The average molecular weight is 280 g/mol. The summed E-state index contributed by atoms with van der Waals surface area (Å²) in [4.78, 5) is 13.2. The highest BCUT2D eigenvalue weighted by Gasteiger charge is 2.26. The summed E-state index contributed by atoms with van der Waals surface area (Å²) in [6.07, 6.45) is 0.456. The van der Waals surface area contributed by atoms with E-state index in [0.29, 0.717) is 6.54 Å². The Kier molecular flexibility index (Phi) is 5.02. The van der Waals surface area contributed by atoms with E-state index in [4.69, 9.17) is 4.74 Å². The van der Waals surface area contributed by atoms with Crippen LogP contribution in [0.3, 0.4) is 0 Å². The number of carbonyl (C=O) groups is 1. The molecule has 0 radical (unpaired) electrons. The Morgan fingerprint density at radius 3 is 2.53 bits per heavy atom. The molecule has 1 rings (SSSR count). The second-order valence-electron chi connectivity index (χ2n) is 3.97. The van der Waals surface area contributed by atoms with E-state index in [1.165, 1.54) is 7.11 Å². The van der Waals surface area contributed by atoms with E-state index in [9.17, 15) is 4.79 Å². The number of halogens is 1. The van der Waals surface area contributed by atoms with E-state index in [-0.39, 0.29) is 23.0 Å². The van der Waals surface area contributed by atoms with Crippen LogP contribution in [0.2, 0.25) is 0 Å². The fraction of sp³-hybridized carbons (Fsp3) is 0.900. The lowest BCUT2D eigenvalue weighted by Crippen LogP contribution is -2.48. The minimum absolute atomic E-state index is 0.221. The Hall–Kier alpha value is -0.130. The molecule has 1 aliphatic heterocycles. The maximum atomic E-state index is 11.2. The summed E-state index contributed by atoms with van der Waals surface area (Å²) >= 11 is 3.32. The van der Waals surface area contributed by atoms with Gasteiger partial charge in [-0.1, -0.05) is 15.9 Å². The molecule has 1 unspecified atom stereocenters. The molecule has 1 saturated heterocycles. The van der Waals surface area contributed by atoms with Crippen molar-refractivity contribution < 1.29 is 14.3 Å². The minimum Gasteiger partial charge on any atom is -0.468 e. The topological polar surface area (TPSA) is 38.8 Å². The maximum Gasteiger partial charge on any atom is 0.320 e. The Morgan fingerprint density at radius 1 is 1.53 bits per heavy atom. The smallest absolute Gasteiger partial charge is 0.320 e. The number of hydrogen-bond donors (Lipinski definition) is 0. The molecule has 3 atom stereocenters. The van der Waals surface area contributed by atoms with Crippen LogP contribution in [0.5, 0.6) is 0 Å². The number of ether oxygens (including phenoxy) is 2. The second kappa shape index (κ2) is 5.82. The van der Waals surface area contributed by atoms with Crippen LogP contribution in [0.4, 0.5) is 0 Å². The standard InChI is InChI=1S/C10H18BrNO3/c1-7-4-12(5-8(2)15-7)6-9(11)10(13)14-3/h7-9H,4-6H2,1-3H3/t7-,8+,9?. The van der Waals surface area contributed by atoms with Gasteiger partial charge in [-0.05, 0) is 13.8 Å². The summed E-state index contributed by atoms with van der Waals surface area (Å²) < 4.78 is 10.3. The Labute approximate surface area is 99.0 Å². The van der Waals surface area contributed by atoms with Crippen LogP contribution >= 0.6 is 15.9 Å². The van der Waals surface area contributed by atoms with Gasteiger partial charge in [0.25, 0.3) is 0 Å². The van der Waals surface area contributed by atoms with Gasteiger partial charge in [0.15, 0.2) is 0 Å². The third kappa shape index (κ3) is 4.09. The number of morpholine rings is 1. The molecule has 0 bridgehead atoms. The predicted octanol–water partition coefficient (Wildman–Crippen LogP) is 1.03.